The van der Waals surface area contributed by atoms with Gasteiger partial charge in [0.25, 0.3) is 5.56 Å². The molecule has 1 rings (SSSR count). The van der Waals surface area contributed by atoms with Crippen molar-refractivity contribution >= 4 is 17.7 Å². The van der Waals surface area contributed by atoms with E-state index >= 15 is 0 Å². The predicted octanol–water partition coefficient (Wildman–Crippen LogP) is 1.20. The van der Waals surface area contributed by atoms with Crippen LogP contribution in [-0.2, 0) is 4.74 Å². The number of H-pyrrole nitrogens is 1. The van der Waals surface area contributed by atoms with Crippen LogP contribution in [0, 0.1) is 5.82 Å². The van der Waals surface area contributed by atoms with Gasteiger partial charge in [-0.15, -0.1) is 0 Å². The van der Waals surface area contributed by atoms with E-state index in [1.807, 2.05) is 6.92 Å². The van der Waals surface area contributed by atoms with E-state index in [4.69, 9.17) is 0 Å². The van der Waals surface area contributed by atoms with Crippen molar-refractivity contribution in [1.82, 2.24) is 9.97 Å². The van der Waals surface area contributed by atoms with E-state index in [0.717, 1.165) is 0 Å². The summed E-state index contributed by atoms with van der Waals surface area (Å²) in [6.45, 7) is 3.53. The molecule has 0 aliphatic heterocycles. The topological polar surface area (TPSA) is 72.0 Å². The number of carbonyl (C=O) groups excluding carboxylic acids is 1. The van der Waals surface area contributed by atoms with Crippen LogP contribution in [0.1, 0.15) is 24.3 Å². The number of hydrogen-bond donors (Lipinski definition) is 1. The minimum atomic E-state index is -1.21. The highest BCUT2D eigenvalue weighted by Gasteiger charge is 2.19. The number of rotatable bonds is 4. The molecule has 0 spiro atoms. The van der Waals surface area contributed by atoms with Crippen molar-refractivity contribution in [2.24, 2.45) is 0 Å². The molecule has 1 aromatic rings. The summed E-state index contributed by atoms with van der Waals surface area (Å²) in [5.41, 5.74) is -1.53. The summed E-state index contributed by atoms with van der Waals surface area (Å²) in [4.78, 5) is 28.4. The molecule has 0 atom stereocenters. The molecule has 0 unspecified atom stereocenters. The maximum Gasteiger partial charge on any atom is 0.360 e. The molecule has 16 heavy (non-hydrogen) atoms. The summed E-state index contributed by atoms with van der Waals surface area (Å²) >= 11 is 1.21. The molecule has 88 valence electrons. The van der Waals surface area contributed by atoms with Gasteiger partial charge in [0.1, 0.15) is 0 Å². The highest BCUT2D eigenvalue weighted by Crippen LogP contribution is 2.12. The van der Waals surface area contributed by atoms with Gasteiger partial charge in [-0.2, -0.15) is 4.39 Å². The van der Waals surface area contributed by atoms with Crippen molar-refractivity contribution in [3.8, 4) is 0 Å². The Morgan fingerprint density at radius 3 is 2.81 bits per heavy atom. The molecule has 0 aliphatic carbocycles. The number of halogens is 1. The second-order valence-corrected chi connectivity index (χ2v) is 3.94. The Kier molecular flexibility index (Phi) is 4.48. The van der Waals surface area contributed by atoms with Gasteiger partial charge in [0, 0.05) is 0 Å². The number of nitrogens with one attached hydrogen (secondary N) is 1. The van der Waals surface area contributed by atoms with Gasteiger partial charge in [-0.25, -0.2) is 9.78 Å². The van der Waals surface area contributed by atoms with Crippen LogP contribution in [0.3, 0.4) is 0 Å². The van der Waals surface area contributed by atoms with E-state index < -0.39 is 23.0 Å². The highest BCUT2D eigenvalue weighted by atomic mass is 32.2. The summed E-state index contributed by atoms with van der Waals surface area (Å²) in [7, 11) is 0. The number of carbonyl (C=O) groups is 1. The van der Waals surface area contributed by atoms with Gasteiger partial charge in [0.2, 0.25) is 5.82 Å². The first-order chi connectivity index (χ1) is 7.60. The monoisotopic (exact) mass is 246 g/mol. The van der Waals surface area contributed by atoms with Gasteiger partial charge in [0.05, 0.1) is 6.61 Å². The van der Waals surface area contributed by atoms with Crippen LogP contribution in [-0.4, -0.2) is 28.3 Å². The molecule has 0 saturated carbocycles. The van der Waals surface area contributed by atoms with Crippen molar-refractivity contribution in [2.75, 3.05) is 12.4 Å². The smallest absolute Gasteiger partial charge is 0.360 e. The van der Waals surface area contributed by atoms with Crippen molar-refractivity contribution in [3.63, 3.8) is 0 Å². The van der Waals surface area contributed by atoms with Crippen LogP contribution in [0.4, 0.5) is 4.39 Å². The lowest BCUT2D eigenvalue weighted by molar-refractivity contribution is 0.0511. The Hall–Kier alpha value is -1.37. The molecule has 1 heterocycles. The first kappa shape index (κ1) is 12.7. The van der Waals surface area contributed by atoms with Crippen LogP contribution in [0.25, 0.3) is 0 Å². The minimum Gasteiger partial charge on any atom is -0.461 e. The zero-order valence-electron chi connectivity index (χ0n) is 8.87. The lowest BCUT2D eigenvalue weighted by atomic mass is 10.4. The predicted molar refractivity (Wildman–Crippen MR) is 57.2 cm³/mol. The van der Waals surface area contributed by atoms with Gasteiger partial charge in [0.15, 0.2) is 10.9 Å². The summed E-state index contributed by atoms with van der Waals surface area (Å²) < 4.78 is 17.9. The number of esters is 1. The third-order valence-electron chi connectivity index (χ3n) is 1.59. The molecule has 1 N–H and O–H groups in total. The third kappa shape index (κ3) is 2.82. The molecule has 0 fully saturated rings. The summed E-state index contributed by atoms with van der Waals surface area (Å²) in [6.07, 6.45) is 0. The normalized spacial score (nSPS) is 10.2. The lowest BCUT2D eigenvalue weighted by Crippen LogP contribution is -2.21. The zero-order chi connectivity index (χ0) is 12.1. The Morgan fingerprint density at radius 1 is 1.56 bits per heavy atom. The molecular formula is C9H11FN2O3S. The van der Waals surface area contributed by atoms with Crippen molar-refractivity contribution in [2.45, 2.75) is 19.0 Å². The second kappa shape index (κ2) is 5.64. The fourth-order valence-corrected chi connectivity index (χ4v) is 1.57. The molecule has 5 nitrogen and oxygen atoms in total. The van der Waals surface area contributed by atoms with Crippen LogP contribution in [0.15, 0.2) is 9.95 Å². The molecule has 0 aliphatic rings. The number of aromatic amines is 1. The lowest BCUT2D eigenvalue weighted by Gasteiger charge is -2.03. The minimum absolute atomic E-state index is 0.100. The molecule has 0 amide bonds. The van der Waals surface area contributed by atoms with Crippen LogP contribution in [0.5, 0.6) is 0 Å². The summed E-state index contributed by atoms with van der Waals surface area (Å²) in [6, 6.07) is 0. The average Bonchev–Trinajstić information content (AvgIpc) is 2.23. The Bertz CT molecular complexity index is 447. The number of hydrogen-bond acceptors (Lipinski definition) is 5. The summed E-state index contributed by atoms with van der Waals surface area (Å²) in [5.74, 6) is -1.49. The van der Waals surface area contributed by atoms with Crippen molar-refractivity contribution in [3.05, 3.63) is 21.9 Å². The Morgan fingerprint density at radius 2 is 2.25 bits per heavy atom. The van der Waals surface area contributed by atoms with E-state index in [2.05, 4.69) is 14.7 Å². The highest BCUT2D eigenvalue weighted by molar-refractivity contribution is 7.99. The molecule has 7 heteroatoms. The molecular weight excluding hydrogens is 235 g/mol. The number of aromatic nitrogens is 2. The van der Waals surface area contributed by atoms with E-state index in [1.54, 1.807) is 6.92 Å². The van der Waals surface area contributed by atoms with Gasteiger partial charge in [-0.3, -0.25) is 9.78 Å². The quantitative estimate of drug-likeness (QED) is 0.491. The molecule has 0 radical (unpaired) electrons. The maximum absolute atomic E-state index is 13.3. The van der Waals surface area contributed by atoms with Crippen LogP contribution < -0.4 is 5.56 Å². The second-order valence-electron chi connectivity index (χ2n) is 2.69. The number of ether oxygens (including phenoxy) is 1. The molecule has 0 aromatic carbocycles. The SMILES string of the molecule is CCOC(=O)c1nc(SCC)[nH]c(=O)c1F. The van der Waals surface area contributed by atoms with Crippen molar-refractivity contribution < 1.29 is 13.9 Å². The fourth-order valence-electron chi connectivity index (χ4n) is 0.978. The van der Waals surface area contributed by atoms with Gasteiger partial charge in [-0.05, 0) is 12.7 Å². The van der Waals surface area contributed by atoms with Crippen molar-refractivity contribution in [1.29, 1.82) is 0 Å². The Labute approximate surface area is 95.4 Å². The first-order valence-electron chi connectivity index (χ1n) is 4.69. The number of thioether (sulfide) groups is 1. The number of nitrogens with zero attached hydrogens (tertiary/aromatic N) is 1. The van der Waals surface area contributed by atoms with Crippen LogP contribution in [0.2, 0.25) is 0 Å². The molecule has 0 saturated heterocycles. The van der Waals surface area contributed by atoms with Gasteiger partial charge in [-0.1, -0.05) is 18.7 Å². The standard InChI is InChI=1S/C9H11FN2O3S/c1-3-15-8(14)6-5(10)7(13)12-9(11-6)16-4-2/h3-4H2,1-2H3,(H,11,12,13). The average molecular weight is 246 g/mol. The van der Waals surface area contributed by atoms with Gasteiger partial charge < -0.3 is 4.74 Å². The maximum atomic E-state index is 13.3. The van der Waals surface area contributed by atoms with Gasteiger partial charge >= 0.3 is 5.97 Å². The Balaban J connectivity index is 3.16. The van der Waals surface area contributed by atoms with E-state index in [9.17, 15) is 14.0 Å². The molecule has 0 bridgehead atoms. The summed E-state index contributed by atoms with van der Waals surface area (Å²) in [5, 5.41) is 0.206. The molecule has 1 aromatic heterocycles. The largest absolute Gasteiger partial charge is 0.461 e. The van der Waals surface area contributed by atoms with Crippen LogP contribution >= 0.6 is 11.8 Å². The zero-order valence-corrected chi connectivity index (χ0v) is 9.69. The first-order valence-corrected chi connectivity index (χ1v) is 5.68. The third-order valence-corrected chi connectivity index (χ3v) is 2.35. The van der Waals surface area contributed by atoms with E-state index in [1.165, 1.54) is 11.8 Å². The fraction of sp³-hybridized carbons (Fsp3) is 0.444. The van der Waals surface area contributed by atoms with E-state index in [0.29, 0.717) is 5.75 Å². The van der Waals surface area contributed by atoms with E-state index in [-0.39, 0.29) is 11.8 Å².